The predicted molar refractivity (Wildman–Crippen MR) is 63.5 cm³/mol. The molecule has 0 aliphatic heterocycles. The first kappa shape index (κ1) is 8.68. The van der Waals surface area contributed by atoms with Gasteiger partial charge in [-0.2, -0.15) is 0 Å². The Bertz CT molecular complexity index is 513. The lowest BCUT2D eigenvalue weighted by molar-refractivity contribution is 0.435. The molecule has 2 unspecified atom stereocenters. The Morgan fingerprint density at radius 3 is 2.00 bits per heavy atom. The molecule has 2 aromatic rings. The highest BCUT2D eigenvalue weighted by Crippen LogP contribution is 2.50. The van der Waals surface area contributed by atoms with E-state index in [0.717, 1.165) is 22.9 Å². The topological polar surface area (TPSA) is 25.8 Å². The van der Waals surface area contributed by atoms with Crippen molar-refractivity contribution in [3.05, 3.63) is 35.7 Å². The molecule has 1 aromatic carbocycles. The summed E-state index contributed by atoms with van der Waals surface area (Å²) >= 11 is 0. The summed E-state index contributed by atoms with van der Waals surface area (Å²) in [7, 11) is 0. The van der Waals surface area contributed by atoms with E-state index in [0.29, 0.717) is 0 Å². The summed E-state index contributed by atoms with van der Waals surface area (Å²) in [5.74, 6) is 1.61. The Labute approximate surface area is 94.7 Å². The van der Waals surface area contributed by atoms with Gasteiger partial charge in [0.1, 0.15) is 0 Å². The summed E-state index contributed by atoms with van der Waals surface area (Å²) in [6.07, 6.45) is 9.07. The lowest BCUT2D eigenvalue weighted by Crippen LogP contribution is -2.01. The highest BCUT2D eigenvalue weighted by Gasteiger charge is 2.34. The average molecular weight is 210 g/mol. The Hall–Kier alpha value is -1.44. The fourth-order valence-corrected chi connectivity index (χ4v) is 3.51. The summed E-state index contributed by atoms with van der Waals surface area (Å²) in [6.45, 7) is 0. The fourth-order valence-electron chi connectivity index (χ4n) is 3.51. The Kier molecular flexibility index (Phi) is 1.65. The normalized spacial score (nSPS) is 27.0. The quantitative estimate of drug-likeness (QED) is 0.666. The molecular weight excluding hydrogens is 196 g/mol. The van der Waals surface area contributed by atoms with Crippen molar-refractivity contribution in [3.63, 3.8) is 0 Å². The maximum Gasteiger partial charge on any atom is 0.0889 e. The van der Waals surface area contributed by atoms with E-state index in [-0.39, 0.29) is 0 Å². The van der Waals surface area contributed by atoms with Crippen LogP contribution in [0.15, 0.2) is 24.5 Å². The molecule has 80 valence electrons. The molecule has 1 saturated carbocycles. The highest BCUT2D eigenvalue weighted by atomic mass is 14.8. The zero-order chi connectivity index (χ0) is 10.5. The summed E-state index contributed by atoms with van der Waals surface area (Å²) in [5, 5.41) is 0. The number of hydrogen-bond donors (Lipinski definition) is 0. The minimum atomic E-state index is 0.806. The van der Waals surface area contributed by atoms with Crippen LogP contribution in [0.5, 0.6) is 0 Å². The summed E-state index contributed by atoms with van der Waals surface area (Å²) in [4.78, 5) is 8.82. The van der Waals surface area contributed by atoms with Crippen molar-refractivity contribution < 1.29 is 0 Å². The number of nitrogens with zero attached hydrogens (tertiary/aromatic N) is 2. The SMILES string of the molecule is c1cnc2cc3c(cc2n1)C1CCCC3C1. The van der Waals surface area contributed by atoms with Crippen LogP contribution in [-0.4, -0.2) is 9.97 Å². The zero-order valence-corrected chi connectivity index (χ0v) is 9.19. The summed E-state index contributed by atoms with van der Waals surface area (Å²) in [5.41, 5.74) is 5.26. The molecule has 0 spiro atoms. The van der Waals surface area contributed by atoms with Gasteiger partial charge in [-0.05, 0) is 54.4 Å². The van der Waals surface area contributed by atoms with Crippen molar-refractivity contribution in [3.8, 4) is 0 Å². The van der Waals surface area contributed by atoms with Gasteiger partial charge >= 0.3 is 0 Å². The third-order valence-corrected chi connectivity index (χ3v) is 4.23. The Morgan fingerprint density at radius 2 is 1.44 bits per heavy atom. The van der Waals surface area contributed by atoms with Crippen molar-refractivity contribution in [2.45, 2.75) is 37.5 Å². The van der Waals surface area contributed by atoms with Crippen molar-refractivity contribution in [1.29, 1.82) is 0 Å². The second kappa shape index (κ2) is 3.03. The molecule has 2 heteroatoms. The van der Waals surface area contributed by atoms with E-state index in [1.165, 1.54) is 25.7 Å². The average Bonchev–Trinajstić information content (AvgIpc) is 2.59. The van der Waals surface area contributed by atoms with Crippen molar-refractivity contribution >= 4 is 11.0 Å². The molecule has 0 radical (unpaired) electrons. The highest BCUT2D eigenvalue weighted by molar-refractivity contribution is 5.77. The maximum atomic E-state index is 4.41. The van der Waals surface area contributed by atoms with Crippen molar-refractivity contribution in [2.75, 3.05) is 0 Å². The van der Waals surface area contributed by atoms with Gasteiger partial charge in [0, 0.05) is 12.4 Å². The van der Waals surface area contributed by atoms with E-state index in [4.69, 9.17) is 0 Å². The Balaban J connectivity index is 2.01. The molecule has 2 nitrogen and oxygen atoms in total. The molecule has 1 fully saturated rings. The number of fused-ring (bicyclic) bond motifs is 6. The van der Waals surface area contributed by atoms with Gasteiger partial charge in [0.05, 0.1) is 11.0 Å². The molecule has 0 amide bonds. The first-order valence-electron chi connectivity index (χ1n) is 6.16. The van der Waals surface area contributed by atoms with Crippen LogP contribution in [0.3, 0.4) is 0 Å². The second-order valence-electron chi connectivity index (χ2n) is 5.09. The Morgan fingerprint density at radius 1 is 0.875 bits per heavy atom. The molecule has 16 heavy (non-hydrogen) atoms. The van der Waals surface area contributed by atoms with Gasteiger partial charge in [-0.25, -0.2) is 0 Å². The molecule has 2 bridgehead atoms. The first-order valence-corrected chi connectivity index (χ1v) is 6.16. The van der Waals surface area contributed by atoms with Gasteiger partial charge in [0.2, 0.25) is 0 Å². The standard InChI is InChI=1S/C14H14N2/c1-2-9-6-10(3-1)12-8-14-13(7-11(9)12)15-4-5-16-14/h4-5,7-10H,1-3,6H2. The van der Waals surface area contributed by atoms with Crippen molar-refractivity contribution in [1.82, 2.24) is 9.97 Å². The summed E-state index contributed by atoms with van der Waals surface area (Å²) < 4.78 is 0. The lowest BCUT2D eigenvalue weighted by atomic mass is 9.87. The smallest absolute Gasteiger partial charge is 0.0889 e. The molecular formula is C14H14N2. The fraction of sp³-hybridized carbons (Fsp3) is 0.429. The summed E-state index contributed by atoms with van der Waals surface area (Å²) in [6, 6.07) is 4.57. The first-order chi connectivity index (χ1) is 7.92. The minimum Gasteiger partial charge on any atom is -0.253 e. The third kappa shape index (κ3) is 1.07. The van der Waals surface area contributed by atoms with E-state index in [1.807, 2.05) is 0 Å². The molecule has 0 saturated heterocycles. The lowest BCUT2D eigenvalue weighted by Gasteiger charge is -2.18. The van der Waals surface area contributed by atoms with E-state index in [1.54, 1.807) is 23.5 Å². The van der Waals surface area contributed by atoms with E-state index in [9.17, 15) is 0 Å². The van der Waals surface area contributed by atoms with Gasteiger partial charge in [-0.15, -0.1) is 0 Å². The van der Waals surface area contributed by atoms with Crippen LogP contribution in [0.2, 0.25) is 0 Å². The van der Waals surface area contributed by atoms with E-state index in [2.05, 4.69) is 22.1 Å². The number of aromatic nitrogens is 2. The molecule has 2 atom stereocenters. The van der Waals surface area contributed by atoms with E-state index < -0.39 is 0 Å². The largest absolute Gasteiger partial charge is 0.253 e. The van der Waals surface area contributed by atoms with Gasteiger partial charge < -0.3 is 0 Å². The second-order valence-corrected chi connectivity index (χ2v) is 5.09. The molecule has 1 heterocycles. The van der Waals surface area contributed by atoms with Crippen LogP contribution < -0.4 is 0 Å². The molecule has 4 rings (SSSR count). The third-order valence-electron chi connectivity index (χ3n) is 4.23. The molecule has 2 aliphatic carbocycles. The minimum absolute atomic E-state index is 0.806. The van der Waals surface area contributed by atoms with Gasteiger partial charge in [0.25, 0.3) is 0 Å². The molecule has 1 aromatic heterocycles. The van der Waals surface area contributed by atoms with Crippen LogP contribution >= 0.6 is 0 Å². The van der Waals surface area contributed by atoms with Crippen LogP contribution in [0.25, 0.3) is 11.0 Å². The van der Waals surface area contributed by atoms with Gasteiger partial charge in [-0.1, -0.05) is 6.42 Å². The van der Waals surface area contributed by atoms with Crippen LogP contribution in [0.4, 0.5) is 0 Å². The van der Waals surface area contributed by atoms with Crippen molar-refractivity contribution in [2.24, 2.45) is 0 Å². The number of hydrogen-bond acceptors (Lipinski definition) is 2. The van der Waals surface area contributed by atoms with Gasteiger partial charge in [-0.3, -0.25) is 9.97 Å². The monoisotopic (exact) mass is 210 g/mol. The zero-order valence-electron chi connectivity index (χ0n) is 9.19. The number of benzene rings is 1. The molecule has 0 N–H and O–H groups in total. The van der Waals surface area contributed by atoms with Crippen LogP contribution in [0.1, 0.15) is 48.6 Å². The maximum absolute atomic E-state index is 4.41. The number of rotatable bonds is 0. The van der Waals surface area contributed by atoms with Crippen LogP contribution in [0, 0.1) is 0 Å². The molecule has 2 aliphatic rings. The van der Waals surface area contributed by atoms with Crippen LogP contribution in [-0.2, 0) is 0 Å². The van der Waals surface area contributed by atoms with E-state index >= 15 is 0 Å². The van der Waals surface area contributed by atoms with Gasteiger partial charge in [0.15, 0.2) is 0 Å². The predicted octanol–water partition coefficient (Wildman–Crippen LogP) is 3.38.